The number of ketones is 1. The first-order valence-electron chi connectivity index (χ1n) is 13.5. The molecule has 0 saturated carbocycles. The maximum Gasteiger partial charge on any atom is 0.208 e. The predicted octanol–water partition coefficient (Wildman–Crippen LogP) is 5.56. The Morgan fingerprint density at radius 1 is 0.872 bits per heavy atom. The number of hydrogen-bond acceptors (Lipinski definition) is 5. The third-order valence-electron chi connectivity index (χ3n) is 7.22. The van der Waals surface area contributed by atoms with Crippen LogP contribution in [-0.4, -0.2) is 41.6 Å². The van der Waals surface area contributed by atoms with Gasteiger partial charge in [-0.1, -0.05) is 103 Å². The zero-order valence-corrected chi connectivity index (χ0v) is 22.4. The summed E-state index contributed by atoms with van der Waals surface area (Å²) in [5.41, 5.74) is 0.843. The van der Waals surface area contributed by atoms with Crippen molar-refractivity contribution in [2.24, 2.45) is 0 Å². The van der Waals surface area contributed by atoms with E-state index in [9.17, 15) is 4.79 Å². The SMILES string of the molecule is CC1(C)O[C@H]2C=C(C#CCCCCO)C(=O)[C@@]2(COC(c2ccccc2)(c2ccccc2)c2ccccc2)O1. The predicted molar refractivity (Wildman–Crippen MR) is 150 cm³/mol. The molecule has 1 fully saturated rings. The average Bonchev–Trinajstić information content (AvgIpc) is 3.36. The summed E-state index contributed by atoms with van der Waals surface area (Å²) >= 11 is 0. The Balaban J connectivity index is 1.55. The van der Waals surface area contributed by atoms with Crippen LogP contribution in [0.15, 0.2) is 103 Å². The van der Waals surface area contributed by atoms with E-state index < -0.39 is 23.1 Å². The lowest BCUT2D eigenvalue weighted by atomic mass is 9.79. The Bertz CT molecular complexity index is 1270. The molecule has 0 aromatic heterocycles. The minimum Gasteiger partial charge on any atom is -0.396 e. The van der Waals surface area contributed by atoms with Gasteiger partial charge in [0.05, 0.1) is 12.2 Å². The third kappa shape index (κ3) is 5.22. The maximum atomic E-state index is 13.9. The first-order chi connectivity index (χ1) is 18.9. The van der Waals surface area contributed by atoms with Crippen molar-refractivity contribution in [1.82, 2.24) is 0 Å². The molecule has 0 unspecified atom stereocenters. The number of carbonyl (C=O) groups is 1. The monoisotopic (exact) mass is 522 g/mol. The number of fused-ring (bicyclic) bond motifs is 1. The van der Waals surface area contributed by atoms with E-state index in [1.54, 1.807) is 6.08 Å². The highest BCUT2D eigenvalue weighted by molar-refractivity contribution is 6.09. The third-order valence-corrected chi connectivity index (χ3v) is 7.22. The quantitative estimate of drug-likeness (QED) is 0.226. The van der Waals surface area contributed by atoms with Crippen LogP contribution in [0.5, 0.6) is 0 Å². The largest absolute Gasteiger partial charge is 0.396 e. The van der Waals surface area contributed by atoms with E-state index in [4.69, 9.17) is 19.3 Å². The topological polar surface area (TPSA) is 65.0 Å². The van der Waals surface area contributed by atoms with Gasteiger partial charge >= 0.3 is 0 Å². The minimum absolute atomic E-state index is 0.0369. The fourth-order valence-corrected chi connectivity index (χ4v) is 5.46. The van der Waals surface area contributed by atoms with Crippen LogP contribution in [0, 0.1) is 11.8 Å². The van der Waals surface area contributed by atoms with Gasteiger partial charge in [0.25, 0.3) is 0 Å². The molecule has 2 aliphatic rings. The molecule has 2 atom stereocenters. The molecule has 1 aliphatic carbocycles. The molecule has 0 radical (unpaired) electrons. The Hall–Kier alpha value is -3.53. The summed E-state index contributed by atoms with van der Waals surface area (Å²) in [6.45, 7) is 3.72. The van der Waals surface area contributed by atoms with Crippen molar-refractivity contribution >= 4 is 5.78 Å². The first kappa shape index (κ1) is 27.1. The summed E-state index contributed by atoms with van der Waals surface area (Å²) in [6, 6.07) is 30.2. The van der Waals surface area contributed by atoms with Crippen LogP contribution in [0.3, 0.4) is 0 Å². The van der Waals surface area contributed by atoms with E-state index in [0.717, 1.165) is 23.1 Å². The van der Waals surface area contributed by atoms with Gasteiger partial charge in [-0.25, -0.2) is 0 Å². The van der Waals surface area contributed by atoms with Crippen molar-refractivity contribution in [3.05, 3.63) is 119 Å². The second kappa shape index (κ2) is 11.3. The van der Waals surface area contributed by atoms with Gasteiger partial charge < -0.3 is 19.3 Å². The van der Waals surface area contributed by atoms with Crippen molar-refractivity contribution < 1.29 is 24.1 Å². The molecule has 5 nitrogen and oxygen atoms in total. The molecule has 0 bridgehead atoms. The number of unbranched alkanes of at least 4 members (excludes halogenated alkanes) is 2. The van der Waals surface area contributed by atoms with Crippen LogP contribution in [0.25, 0.3) is 0 Å². The van der Waals surface area contributed by atoms with Gasteiger partial charge in [0.1, 0.15) is 11.7 Å². The number of aliphatic hydroxyl groups excluding tert-OH is 1. The molecular weight excluding hydrogens is 488 g/mol. The lowest BCUT2D eigenvalue weighted by Crippen LogP contribution is -2.51. The highest BCUT2D eigenvalue weighted by Crippen LogP contribution is 2.47. The van der Waals surface area contributed by atoms with Crippen LogP contribution in [-0.2, 0) is 24.6 Å². The standard InChI is InChI=1S/C34H34O5/c1-32(2)38-30-24-26(16-8-3-4-15-23-35)31(36)33(30,39-32)25-37-34(27-17-9-5-10-18-27,28-19-11-6-12-20-28)29-21-13-7-14-22-29/h5-7,9-14,17-22,24,30,35H,3-4,15,23,25H2,1-2H3/t30-,33-/m0/s1. The van der Waals surface area contributed by atoms with Crippen molar-refractivity contribution in [3.8, 4) is 11.8 Å². The van der Waals surface area contributed by atoms with E-state index in [1.165, 1.54) is 0 Å². The second-order valence-electron chi connectivity index (χ2n) is 10.4. The number of ether oxygens (including phenoxy) is 3. The fourth-order valence-electron chi connectivity index (χ4n) is 5.46. The highest BCUT2D eigenvalue weighted by Gasteiger charge is 2.62. The van der Waals surface area contributed by atoms with Crippen LogP contribution in [0.2, 0.25) is 0 Å². The molecule has 39 heavy (non-hydrogen) atoms. The van der Waals surface area contributed by atoms with Crippen LogP contribution in [0.1, 0.15) is 49.8 Å². The molecule has 5 heteroatoms. The minimum atomic E-state index is -1.36. The average molecular weight is 523 g/mol. The molecular formula is C34H34O5. The van der Waals surface area contributed by atoms with Gasteiger partial charge in [-0.3, -0.25) is 4.79 Å². The van der Waals surface area contributed by atoms with Crippen LogP contribution in [0.4, 0.5) is 0 Å². The van der Waals surface area contributed by atoms with Crippen molar-refractivity contribution in [1.29, 1.82) is 0 Å². The Labute approximate surface area is 230 Å². The Morgan fingerprint density at radius 2 is 1.41 bits per heavy atom. The Kier molecular flexibility index (Phi) is 7.83. The molecule has 1 N–H and O–H groups in total. The van der Waals surface area contributed by atoms with Crippen LogP contribution >= 0.6 is 0 Å². The number of hydrogen-bond donors (Lipinski definition) is 1. The summed E-state index contributed by atoms with van der Waals surface area (Å²) in [5.74, 6) is 4.91. The second-order valence-corrected chi connectivity index (χ2v) is 10.4. The van der Waals surface area contributed by atoms with Crippen molar-refractivity contribution in [3.63, 3.8) is 0 Å². The van der Waals surface area contributed by atoms with Crippen LogP contribution < -0.4 is 0 Å². The summed E-state index contributed by atoms with van der Waals surface area (Å²) in [4.78, 5) is 13.9. The molecule has 1 saturated heterocycles. The molecule has 3 aromatic rings. The van der Waals surface area contributed by atoms with Gasteiger partial charge in [-0.05, 0) is 49.5 Å². The molecule has 200 valence electrons. The molecule has 0 spiro atoms. The maximum absolute atomic E-state index is 13.9. The van der Waals surface area contributed by atoms with E-state index in [-0.39, 0.29) is 19.0 Å². The number of Topliss-reactive ketones (excluding diaryl/α,β-unsaturated/α-hetero) is 1. The fraction of sp³-hybridized carbons (Fsp3) is 0.324. The van der Waals surface area contributed by atoms with Gasteiger partial charge in [-0.2, -0.15) is 0 Å². The van der Waals surface area contributed by atoms with E-state index in [1.807, 2.05) is 105 Å². The summed E-state index contributed by atoms with van der Waals surface area (Å²) in [7, 11) is 0. The zero-order chi connectivity index (χ0) is 27.3. The molecule has 1 heterocycles. The molecule has 5 rings (SSSR count). The van der Waals surface area contributed by atoms with E-state index >= 15 is 0 Å². The normalized spacial score (nSPS) is 21.7. The molecule has 3 aromatic carbocycles. The van der Waals surface area contributed by atoms with Crippen molar-refractivity contribution in [2.45, 2.75) is 56.2 Å². The summed E-state index contributed by atoms with van der Waals surface area (Å²) < 4.78 is 19.6. The lowest BCUT2D eigenvalue weighted by Gasteiger charge is -2.39. The van der Waals surface area contributed by atoms with Gasteiger partial charge in [0.2, 0.25) is 5.78 Å². The number of rotatable bonds is 9. The number of aliphatic hydroxyl groups is 1. The number of carbonyl (C=O) groups excluding carboxylic acids is 1. The van der Waals surface area contributed by atoms with Crippen molar-refractivity contribution in [2.75, 3.05) is 13.2 Å². The Morgan fingerprint density at radius 3 is 1.92 bits per heavy atom. The van der Waals surface area contributed by atoms with E-state index in [0.29, 0.717) is 18.4 Å². The molecule has 1 aliphatic heterocycles. The van der Waals surface area contributed by atoms with Gasteiger partial charge in [0, 0.05) is 13.0 Å². The zero-order valence-electron chi connectivity index (χ0n) is 22.4. The lowest BCUT2D eigenvalue weighted by molar-refractivity contribution is -0.185. The number of benzene rings is 3. The molecule has 0 amide bonds. The van der Waals surface area contributed by atoms with Gasteiger partial charge in [0.15, 0.2) is 11.4 Å². The summed E-state index contributed by atoms with van der Waals surface area (Å²) in [6.07, 6.45) is 3.21. The smallest absolute Gasteiger partial charge is 0.208 e. The van der Waals surface area contributed by atoms with E-state index in [2.05, 4.69) is 11.8 Å². The summed E-state index contributed by atoms with van der Waals surface area (Å²) in [5, 5.41) is 9.02. The first-order valence-corrected chi connectivity index (χ1v) is 13.5. The van der Waals surface area contributed by atoms with Gasteiger partial charge in [-0.15, -0.1) is 0 Å². The highest BCUT2D eigenvalue weighted by atomic mass is 16.8.